The zero-order valence-electron chi connectivity index (χ0n) is 19.2. The summed E-state index contributed by atoms with van der Waals surface area (Å²) in [6, 6.07) is 6.01. The van der Waals surface area contributed by atoms with E-state index in [1.165, 1.54) is 12.1 Å². The van der Waals surface area contributed by atoms with E-state index in [1.54, 1.807) is 12.1 Å². The minimum Gasteiger partial charge on any atom is -0.457 e. The number of nitrogens with zero attached hydrogens (tertiary/aromatic N) is 3. The summed E-state index contributed by atoms with van der Waals surface area (Å²) in [6.45, 7) is 12.6. The molecule has 2 fully saturated rings. The summed E-state index contributed by atoms with van der Waals surface area (Å²) in [6.07, 6.45) is -1.16. The van der Waals surface area contributed by atoms with Crippen molar-refractivity contribution in [1.29, 1.82) is 0 Å². The van der Waals surface area contributed by atoms with Crippen LogP contribution >= 0.6 is 12.4 Å². The molecule has 2 aromatic rings. The van der Waals surface area contributed by atoms with Gasteiger partial charge in [0.1, 0.15) is 18.2 Å². The Hall–Kier alpha value is -2.61. The fourth-order valence-electron chi connectivity index (χ4n) is 5.17. The van der Waals surface area contributed by atoms with E-state index in [0.717, 1.165) is 29.8 Å². The molecule has 5 rings (SSSR count). The number of benzene rings is 2. The summed E-state index contributed by atoms with van der Waals surface area (Å²) in [5, 5.41) is 10.9. The van der Waals surface area contributed by atoms with E-state index in [-0.39, 0.29) is 31.0 Å². The summed E-state index contributed by atoms with van der Waals surface area (Å²) < 4.78 is 39.2. The third kappa shape index (κ3) is 4.77. The average molecular weight is 506 g/mol. The number of aliphatic hydroxyl groups is 1. The number of fused-ring (bicyclic) bond motifs is 2. The Balaban J connectivity index is 0.00000289. The van der Waals surface area contributed by atoms with Gasteiger partial charge in [-0.2, -0.15) is 0 Å². The number of morpholine rings is 1. The van der Waals surface area contributed by atoms with Crippen LogP contribution in [0.25, 0.3) is 4.85 Å². The van der Waals surface area contributed by atoms with Crippen LogP contribution in [0.2, 0.25) is 0 Å². The van der Waals surface area contributed by atoms with Gasteiger partial charge in [-0.05, 0) is 41.8 Å². The Morgan fingerprint density at radius 2 is 1.97 bits per heavy atom. The zero-order chi connectivity index (χ0) is 24.0. The highest BCUT2D eigenvalue weighted by Gasteiger charge is 2.35. The van der Waals surface area contributed by atoms with Gasteiger partial charge in [0.2, 0.25) is 0 Å². The van der Waals surface area contributed by atoms with Gasteiger partial charge < -0.3 is 14.6 Å². The van der Waals surface area contributed by atoms with E-state index in [1.807, 2.05) is 6.92 Å². The van der Waals surface area contributed by atoms with E-state index in [4.69, 9.17) is 16.0 Å². The molecule has 0 saturated carbocycles. The predicted octanol–water partition coefficient (Wildman–Crippen LogP) is 3.71. The van der Waals surface area contributed by atoms with Gasteiger partial charge in [0.05, 0.1) is 31.0 Å². The van der Waals surface area contributed by atoms with Gasteiger partial charge in [-0.1, -0.05) is 6.07 Å². The number of aliphatic hydroxyl groups excluding tert-OH is 1. The summed E-state index contributed by atoms with van der Waals surface area (Å²) >= 11 is 0. The molecule has 3 heterocycles. The number of cyclic esters (lactones) is 1. The lowest BCUT2D eigenvalue weighted by molar-refractivity contribution is -0.0938. The first-order chi connectivity index (χ1) is 16.4. The Labute approximate surface area is 208 Å². The first kappa shape index (κ1) is 25.5. The number of hydrogen-bond acceptors (Lipinski definition) is 6. The van der Waals surface area contributed by atoms with Crippen LogP contribution in [-0.2, 0) is 16.1 Å². The number of piperazine rings is 1. The minimum atomic E-state index is -0.868. The summed E-state index contributed by atoms with van der Waals surface area (Å²) in [4.78, 5) is 19.1. The van der Waals surface area contributed by atoms with Crippen LogP contribution < -0.4 is 0 Å². The Bertz CT molecular complexity index is 1170. The normalized spacial score (nSPS) is 23.0. The molecule has 2 aromatic carbocycles. The van der Waals surface area contributed by atoms with E-state index in [9.17, 15) is 18.7 Å². The quantitative estimate of drug-likeness (QED) is 0.505. The molecule has 0 spiro atoms. The van der Waals surface area contributed by atoms with Crippen molar-refractivity contribution in [3.8, 4) is 0 Å². The molecule has 35 heavy (non-hydrogen) atoms. The van der Waals surface area contributed by atoms with Crippen LogP contribution in [0.1, 0.15) is 44.8 Å². The predicted molar refractivity (Wildman–Crippen MR) is 126 cm³/mol. The van der Waals surface area contributed by atoms with Crippen LogP contribution in [0.4, 0.5) is 14.5 Å². The third-order valence-electron chi connectivity index (χ3n) is 7.10. The fraction of sp³-hybridized carbons (Fsp3) is 0.440. The van der Waals surface area contributed by atoms with Gasteiger partial charge in [-0.25, -0.2) is 18.4 Å². The lowest BCUT2D eigenvalue weighted by Gasteiger charge is -2.46. The van der Waals surface area contributed by atoms with Crippen molar-refractivity contribution in [2.24, 2.45) is 0 Å². The Morgan fingerprint density at radius 3 is 2.69 bits per heavy atom. The molecule has 0 unspecified atom stereocenters. The molecular formula is C25H26ClF2N3O4. The van der Waals surface area contributed by atoms with Crippen molar-refractivity contribution in [3.63, 3.8) is 0 Å². The second kappa shape index (κ2) is 10.2. The Morgan fingerprint density at radius 1 is 1.23 bits per heavy atom. The number of esters is 1. The number of rotatable bonds is 4. The maximum atomic E-state index is 14.1. The Kier molecular flexibility index (Phi) is 7.40. The lowest BCUT2D eigenvalue weighted by Crippen LogP contribution is -2.58. The largest absolute Gasteiger partial charge is 0.457 e. The first-order valence-corrected chi connectivity index (χ1v) is 11.3. The molecule has 7 nitrogen and oxygen atoms in total. The highest BCUT2D eigenvalue weighted by atomic mass is 35.5. The maximum Gasteiger partial charge on any atom is 0.338 e. The van der Waals surface area contributed by atoms with Crippen LogP contribution in [0, 0.1) is 25.1 Å². The molecule has 1 N–H and O–H groups in total. The maximum absolute atomic E-state index is 14.1. The molecule has 0 radical (unpaired) electrons. The number of ether oxygens (including phenoxy) is 2. The van der Waals surface area contributed by atoms with Crippen molar-refractivity contribution < 1.29 is 28.2 Å². The van der Waals surface area contributed by atoms with E-state index in [2.05, 4.69) is 14.6 Å². The van der Waals surface area contributed by atoms with E-state index >= 15 is 0 Å². The highest BCUT2D eigenvalue weighted by molar-refractivity contribution is 5.93. The summed E-state index contributed by atoms with van der Waals surface area (Å²) in [5.74, 6) is -2.06. The average Bonchev–Trinajstić information content (AvgIpc) is 3.20. The zero-order valence-corrected chi connectivity index (χ0v) is 20.0. The molecule has 0 bridgehead atoms. The van der Waals surface area contributed by atoms with Crippen molar-refractivity contribution in [1.82, 2.24) is 9.80 Å². The van der Waals surface area contributed by atoms with E-state index in [0.29, 0.717) is 37.4 Å². The van der Waals surface area contributed by atoms with E-state index < -0.39 is 29.5 Å². The van der Waals surface area contributed by atoms with Crippen molar-refractivity contribution in [2.75, 3.05) is 39.3 Å². The number of halogens is 3. The van der Waals surface area contributed by atoms with Gasteiger partial charge in [0.15, 0.2) is 0 Å². The van der Waals surface area contributed by atoms with Crippen LogP contribution in [-0.4, -0.2) is 66.2 Å². The SMILES string of the molecule is Cl.[C-]#[N+]c1c(F)cc([C@@H]2CN3CCN(C[C@H](O)c4ccc5c(c4C)COC5=O)C[C@H]3CO2)cc1F. The molecule has 3 atom stereocenters. The highest BCUT2D eigenvalue weighted by Crippen LogP contribution is 2.33. The van der Waals surface area contributed by atoms with Crippen LogP contribution in [0.5, 0.6) is 0 Å². The van der Waals surface area contributed by atoms with Gasteiger partial charge in [-0.15, -0.1) is 12.4 Å². The van der Waals surface area contributed by atoms with Crippen molar-refractivity contribution >= 4 is 24.1 Å². The van der Waals surface area contributed by atoms with Crippen molar-refractivity contribution in [3.05, 3.63) is 75.1 Å². The van der Waals surface area contributed by atoms with Gasteiger partial charge in [0, 0.05) is 44.3 Å². The molecule has 186 valence electrons. The van der Waals surface area contributed by atoms with Crippen molar-refractivity contribution in [2.45, 2.75) is 31.8 Å². The molecule has 3 aliphatic heterocycles. The lowest BCUT2D eigenvalue weighted by atomic mass is 9.95. The smallest absolute Gasteiger partial charge is 0.338 e. The number of carbonyl (C=O) groups is 1. The molecule has 10 heteroatoms. The van der Waals surface area contributed by atoms with Crippen LogP contribution in [0.15, 0.2) is 24.3 Å². The molecule has 3 aliphatic rings. The summed E-state index contributed by atoms with van der Waals surface area (Å²) in [7, 11) is 0. The monoisotopic (exact) mass is 505 g/mol. The topological polar surface area (TPSA) is 66.6 Å². The molecule has 0 amide bonds. The van der Waals surface area contributed by atoms with Gasteiger partial charge in [0.25, 0.3) is 5.69 Å². The third-order valence-corrected chi connectivity index (χ3v) is 7.10. The standard InChI is InChI=1S/C25H25F2N3O4.ClH/c1-14-17(3-4-18-19(14)13-34-25(18)32)22(31)10-29-5-6-30-11-23(33-12-16(30)9-29)15-7-20(26)24(28-2)21(27)8-15;/h3-4,7-8,16,22-23,31H,5-6,9-13H2,1H3;1H/t16-,22-,23-;/m0./s1. The molecular weight excluding hydrogens is 480 g/mol. The number of carbonyl (C=O) groups excluding carboxylic acids is 1. The van der Waals surface area contributed by atoms with Gasteiger partial charge >= 0.3 is 5.97 Å². The first-order valence-electron chi connectivity index (χ1n) is 11.3. The van der Waals surface area contributed by atoms with Gasteiger partial charge in [-0.3, -0.25) is 9.80 Å². The minimum absolute atomic E-state index is 0. The van der Waals surface area contributed by atoms with Crippen LogP contribution in [0.3, 0.4) is 0 Å². The summed E-state index contributed by atoms with van der Waals surface area (Å²) in [5.41, 5.74) is 2.90. The molecule has 0 aliphatic carbocycles. The number of β-amino-alcohol motifs (C(OH)–C–C–N with tert-alkyl or cyclic N) is 1. The molecule has 0 aromatic heterocycles. The second-order valence-electron chi connectivity index (χ2n) is 9.07. The second-order valence-corrected chi connectivity index (χ2v) is 9.07. The molecule has 2 saturated heterocycles. The number of hydrogen-bond donors (Lipinski definition) is 1. The fourth-order valence-corrected chi connectivity index (χ4v) is 5.17.